The van der Waals surface area contributed by atoms with E-state index in [1.807, 2.05) is 23.7 Å². The van der Waals surface area contributed by atoms with Gasteiger partial charge in [-0.15, -0.1) is 5.10 Å². The molecule has 1 amide bonds. The van der Waals surface area contributed by atoms with Crippen LogP contribution in [0.5, 0.6) is 0 Å². The Morgan fingerprint density at radius 1 is 1.59 bits per heavy atom. The highest BCUT2D eigenvalue weighted by atomic mass is 32.1. The van der Waals surface area contributed by atoms with Gasteiger partial charge in [-0.25, -0.2) is 9.48 Å². The standard InChI is InChI=1S/C13H23N5O2S2/c1-4-20-12(19)14-10-6-5-7-17(8-10)9-18-13(21)22-11(15-18)16(2)3/h10H,4-9H2,1-3H3,(H,14,19)/t10-/m0/s1. The molecule has 1 fully saturated rings. The van der Waals surface area contributed by atoms with Gasteiger partial charge in [0, 0.05) is 33.2 Å². The van der Waals surface area contributed by atoms with Crippen LogP contribution in [0.25, 0.3) is 0 Å². The number of aromatic nitrogens is 2. The number of likely N-dealkylation sites (tertiary alicyclic amines) is 1. The molecular formula is C13H23N5O2S2. The molecule has 22 heavy (non-hydrogen) atoms. The molecule has 0 aromatic carbocycles. The minimum atomic E-state index is -0.338. The van der Waals surface area contributed by atoms with Crippen molar-refractivity contribution in [3.05, 3.63) is 3.95 Å². The Kier molecular flexibility index (Phi) is 6.16. The minimum Gasteiger partial charge on any atom is -0.450 e. The first-order chi connectivity index (χ1) is 10.5. The van der Waals surface area contributed by atoms with Crippen LogP contribution in [0.2, 0.25) is 0 Å². The van der Waals surface area contributed by atoms with E-state index in [-0.39, 0.29) is 12.1 Å². The lowest BCUT2D eigenvalue weighted by Gasteiger charge is -2.32. The van der Waals surface area contributed by atoms with Gasteiger partial charge in [0.2, 0.25) is 5.13 Å². The molecule has 1 aliphatic rings. The molecule has 1 saturated heterocycles. The number of rotatable bonds is 5. The van der Waals surface area contributed by atoms with E-state index in [0.717, 1.165) is 35.0 Å². The van der Waals surface area contributed by atoms with Gasteiger partial charge in [-0.05, 0) is 32.0 Å². The normalized spacial score (nSPS) is 19.0. The van der Waals surface area contributed by atoms with Crippen molar-refractivity contribution in [2.24, 2.45) is 0 Å². The van der Waals surface area contributed by atoms with Gasteiger partial charge >= 0.3 is 6.09 Å². The highest BCUT2D eigenvalue weighted by Gasteiger charge is 2.22. The maximum atomic E-state index is 11.5. The average Bonchev–Trinajstić information content (AvgIpc) is 2.81. The molecular weight excluding hydrogens is 322 g/mol. The van der Waals surface area contributed by atoms with Crippen LogP contribution in [0.3, 0.4) is 0 Å². The number of carbonyl (C=O) groups excluding carboxylic acids is 1. The first-order valence-corrected chi connectivity index (χ1v) is 8.63. The van der Waals surface area contributed by atoms with Gasteiger partial charge in [0.15, 0.2) is 3.95 Å². The molecule has 1 aliphatic heterocycles. The van der Waals surface area contributed by atoms with E-state index < -0.39 is 0 Å². The molecule has 0 spiro atoms. The summed E-state index contributed by atoms with van der Waals surface area (Å²) in [5, 5.41) is 8.34. The molecule has 1 N–H and O–H groups in total. The third-order valence-electron chi connectivity index (χ3n) is 3.42. The first-order valence-electron chi connectivity index (χ1n) is 7.40. The number of alkyl carbamates (subject to hydrolysis) is 1. The average molecular weight is 345 g/mol. The number of hydrogen-bond donors (Lipinski definition) is 1. The molecule has 1 aromatic heterocycles. The number of ether oxygens (including phenoxy) is 1. The molecule has 2 rings (SSSR count). The van der Waals surface area contributed by atoms with Crippen LogP contribution in [-0.2, 0) is 11.4 Å². The summed E-state index contributed by atoms with van der Waals surface area (Å²) in [4.78, 5) is 15.7. The van der Waals surface area contributed by atoms with E-state index in [1.165, 1.54) is 11.3 Å². The maximum absolute atomic E-state index is 11.5. The van der Waals surface area contributed by atoms with Gasteiger partial charge in [0.05, 0.1) is 13.3 Å². The van der Waals surface area contributed by atoms with Crippen LogP contribution in [-0.4, -0.2) is 60.6 Å². The summed E-state index contributed by atoms with van der Waals surface area (Å²) >= 11 is 6.88. The van der Waals surface area contributed by atoms with E-state index in [4.69, 9.17) is 17.0 Å². The van der Waals surface area contributed by atoms with Crippen LogP contribution in [0.1, 0.15) is 19.8 Å². The van der Waals surface area contributed by atoms with Crippen molar-refractivity contribution in [3.8, 4) is 0 Å². The van der Waals surface area contributed by atoms with Crippen molar-refractivity contribution in [1.82, 2.24) is 20.0 Å². The second-order valence-corrected chi connectivity index (χ2v) is 7.07. The number of piperidine rings is 1. The van der Waals surface area contributed by atoms with Gasteiger partial charge in [-0.1, -0.05) is 11.3 Å². The second-order valence-electron chi connectivity index (χ2n) is 5.47. The van der Waals surface area contributed by atoms with Crippen molar-refractivity contribution in [3.63, 3.8) is 0 Å². The monoisotopic (exact) mass is 345 g/mol. The fourth-order valence-electron chi connectivity index (χ4n) is 2.40. The number of hydrogen-bond acceptors (Lipinski definition) is 7. The van der Waals surface area contributed by atoms with E-state index in [1.54, 1.807) is 6.92 Å². The van der Waals surface area contributed by atoms with Crippen molar-refractivity contribution in [2.75, 3.05) is 38.7 Å². The minimum absolute atomic E-state index is 0.119. The molecule has 0 saturated carbocycles. The van der Waals surface area contributed by atoms with Crippen LogP contribution < -0.4 is 10.2 Å². The Morgan fingerprint density at radius 3 is 3.00 bits per heavy atom. The molecule has 2 heterocycles. The molecule has 1 atom stereocenters. The number of carbonyl (C=O) groups is 1. The predicted octanol–water partition coefficient (Wildman–Crippen LogP) is 1.91. The summed E-state index contributed by atoms with van der Waals surface area (Å²) in [7, 11) is 3.91. The van der Waals surface area contributed by atoms with E-state index >= 15 is 0 Å². The van der Waals surface area contributed by atoms with Crippen LogP contribution >= 0.6 is 23.6 Å². The summed E-state index contributed by atoms with van der Waals surface area (Å²) in [6.45, 7) is 4.62. The summed E-state index contributed by atoms with van der Waals surface area (Å²) in [5.41, 5.74) is 0. The maximum Gasteiger partial charge on any atom is 0.407 e. The van der Waals surface area contributed by atoms with Gasteiger partial charge in [0.1, 0.15) is 0 Å². The van der Waals surface area contributed by atoms with Crippen molar-refractivity contribution in [2.45, 2.75) is 32.5 Å². The highest BCUT2D eigenvalue weighted by Crippen LogP contribution is 2.18. The van der Waals surface area contributed by atoms with Gasteiger partial charge in [0.25, 0.3) is 0 Å². The Bertz CT molecular complexity index is 557. The molecule has 0 bridgehead atoms. The smallest absolute Gasteiger partial charge is 0.407 e. The Labute approximate surface area is 139 Å². The number of anilines is 1. The van der Waals surface area contributed by atoms with Gasteiger partial charge in [-0.2, -0.15) is 0 Å². The molecule has 0 radical (unpaired) electrons. The third kappa shape index (κ3) is 4.65. The quantitative estimate of drug-likeness (QED) is 0.823. The molecule has 1 aromatic rings. The van der Waals surface area contributed by atoms with Crippen molar-refractivity contribution < 1.29 is 9.53 Å². The lowest BCUT2D eigenvalue weighted by atomic mass is 10.1. The zero-order chi connectivity index (χ0) is 16.1. The lowest BCUT2D eigenvalue weighted by Crippen LogP contribution is -2.48. The van der Waals surface area contributed by atoms with Gasteiger partial charge < -0.3 is 15.0 Å². The number of nitrogens with zero attached hydrogens (tertiary/aromatic N) is 4. The van der Waals surface area contributed by atoms with Crippen LogP contribution in [0, 0.1) is 3.95 Å². The summed E-state index contributed by atoms with van der Waals surface area (Å²) in [6.07, 6.45) is 1.67. The summed E-state index contributed by atoms with van der Waals surface area (Å²) in [6, 6.07) is 0.119. The number of nitrogens with one attached hydrogen (secondary N) is 1. The summed E-state index contributed by atoms with van der Waals surface area (Å²) < 4.78 is 7.56. The van der Waals surface area contributed by atoms with Crippen LogP contribution in [0.4, 0.5) is 9.93 Å². The van der Waals surface area contributed by atoms with Crippen molar-refractivity contribution in [1.29, 1.82) is 0 Å². The number of amides is 1. The first kappa shape index (κ1) is 17.2. The topological polar surface area (TPSA) is 62.6 Å². The highest BCUT2D eigenvalue weighted by molar-refractivity contribution is 7.73. The zero-order valence-electron chi connectivity index (χ0n) is 13.2. The SMILES string of the molecule is CCOC(=O)N[C@H]1CCCN(Cn2nc(N(C)C)sc2=S)C1. The van der Waals surface area contributed by atoms with E-state index in [0.29, 0.717) is 13.3 Å². The Hall–Kier alpha value is -1.19. The molecule has 0 aliphatic carbocycles. The molecule has 7 nitrogen and oxygen atoms in total. The Balaban J connectivity index is 1.92. The van der Waals surface area contributed by atoms with Crippen LogP contribution in [0.15, 0.2) is 0 Å². The van der Waals surface area contributed by atoms with E-state index in [9.17, 15) is 4.79 Å². The molecule has 0 unspecified atom stereocenters. The Morgan fingerprint density at radius 2 is 2.36 bits per heavy atom. The fourth-order valence-corrected chi connectivity index (χ4v) is 3.40. The molecule has 124 valence electrons. The third-order valence-corrected chi connectivity index (χ3v) is 4.89. The van der Waals surface area contributed by atoms with Crippen molar-refractivity contribution >= 4 is 34.8 Å². The summed E-state index contributed by atoms with van der Waals surface area (Å²) in [5.74, 6) is 0. The molecule has 9 heteroatoms. The second kappa shape index (κ2) is 7.89. The zero-order valence-corrected chi connectivity index (χ0v) is 14.9. The largest absolute Gasteiger partial charge is 0.450 e. The lowest BCUT2D eigenvalue weighted by molar-refractivity contribution is 0.121. The fraction of sp³-hybridized carbons (Fsp3) is 0.769. The van der Waals surface area contributed by atoms with Gasteiger partial charge in [-0.3, -0.25) is 4.90 Å². The predicted molar refractivity (Wildman–Crippen MR) is 90.0 cm³/mol. The van der Waals surface area contributed by atoms with E-state index in [2.05, 4.69) is 15.3 Å².